The summed E-state index contributed by atoms with van der Waals surface area (Å²) in [5.74, 6) is 0.735. The molecular formula is C15H23N3O3S. The van der Waals surface area contributed by atoms with Gasteiger partial charge in [0.25, 0.3) is 0 Å². The Morgan fingerprint density at radius 1 is 1.14 bits per heavy atom. The van der Waals surface area contributed by atoms with Crippen molar-refractivity contribution >= 4 is 9.84 Å². The SMILES string of the molecule is Cc1noc(C)c1CS(=O)(=O)c1nc(C)c(C)n1CC(C)C. The van der Waals surface area contributed by atoms with Crippen molar-refractivity contribution in [3.63, 3.8) is 0 Å². The normalized spacial score (nSPS) is 12.3. The summed E-state index contributed by atoms with van der Waals surface area (Å²) in [6.45, 7) is 11.9. The molecule has 0 bridgehead atoms. The molecule has 0 N–H and O–H groups in total. The third-order valence-electron chi connectivity index (χ3n) is 3.76. The van der Waals surface area contributed by atoms with Gasteiger partial charge < -0.3 is 9.09 Å². The summed E-state index contributed by atoms with van der Waals surface area (Å²) in [6, 6.07) is 0. The smallest absolute Gasteiger partial charge is 0.228 e. The van der Waals surface area contributed by atoms with Crippen molar-refractivity contribution in [3.8, 4) is 0 Å². The number of rotatable bonds is 5. The molecule has 6 nitrogen and oxygen atoms in total. The number of nitrogens with zero attached hydrogens (tertiary/aromatic N) is 3. The fraction of sp³-hybridized carbons (Fsp3) is 0.600. The molecule has 0 unspecified atom stereocenters. The molecule has 2 heterocycles. The van der Waals surface area contributed by atoms with Gasteiger partial charge in [-0.25, -0.2) is 13.4 Å². The van der Waals surface area contributed by atoms with Crippen molar-refractivity contribution in [2.75, 3.05) is 0 Å². The van der Waals surface area contributed by atoms with Crippen LogP contribution in [0.25, 0.3) is 0 Å². The lowest BCUT2D eigenvalue weighted by Gasteiger charge is -2.12. The highest BCUT2D eigenvalue weighted by molar-refractivity contribution is 7.90. The zero-order valence-electron chi connectivity index (χ0n) is 14.0. The standard InChI is InChI=1S/C15H23N3O3S/c1-9(2)7-18-12(5)10(3)16-15(18)22(19,20)8-14-11(4)17-21-13(14)6/h9H,7-8H2,1-6H3. The van der Waals surface area contributed by atoms with Crippen molar-refractivity contribution in [3.05, 3.63) is 28.4 Å². The van der Waals surface area contributed by atoms with Crippen molar-refractivity contribution in [1.82, 2.24) is 14.7 Å². The zero-order chi connectivity index (χ0) is 16.7. The number of sulfone groups is 1. The van der Waals surface area contributed by atoms with Gasteiger partial charge in [-0.2, -0.15) is 0 Å². The Morgan fingerprint density at radius 3 is 2.27 bits per heavy atom. The van der Waals surface area contributed by atoms with Crippen LogP contribution in [0.5, 0.6) is 0 Å². The minimum atomic E-state index is -3.55. The fourth-order valence-corrected chi connectivity index (χ4v) is 4.15. The highest BCUT2D eigenvalue weighted by atomic mass is 32.2. The van der Waals surface area contributed by atoms with Gasteiger partial charge in [0, 0.05) is 17.8 Å². The van der Waals surface area contributed by atoms with Crippen LogP contribution in [0.2, 0.25) is 0 Å². The summed E-state index contributed by atoms with van der Waals surface area (Å²) < 4.78 is 32.5. The quantitative estimate of drug-likeness (QED) is 0.844. The summed E-state index contributed by atoms with van der Waals surface area (Å²) in [4.78, 5) is 4.30. The Bertz CT molecular complexity index is 766. The molecule has 2 aromatic rings. The van der Waals surface area contributed by atoms with Crippen LogP contribution in [-0.4, -0.2) is 23.1 Å². The average Bonchev–Trinajstić information content (AvgIpc) is 2.86. The maximum atomic E-state index is 12.8. The zero-order valence-corrected chi connectivity index (χ0v) is 14.8. The number of imidazole rings is 1. The summed E-state index contributed by atoms with van der Waals surface area (Å²) in [5, 5.41) is 3.96. The van der Waals surface area contributed by atoms with Crippen LogP contribution in [0.15, 0.2) is 9.68 Å². The van der Waals surface area contributed by atoms with Gasteiger partial charge >= 0.3 is 0 Å². The van der Waals surface area contributed by atoms with Crippen molar-refractivity contribution in [2.24, 2.45) is 5.92 Å². The summed E-state index contributed by atoms with van der Waals surface area (Å²) in [7, 11) is -3.55. The molecule has 0 aromatic carbocycles. The van der Waals surface area contributed by atoms with Crippen LogP contribution in [0, 0.1) is 33.6 Å². The van der Waals surface area contributed by atoms with E-state index in [1.165, 1.54) is 0 Å². The van der Waals surface area contributed by atoms with Gasteiger partial charge in [0.2, 0.25) is 15.0 Å². The van der Waals surface area contributed by atoms with Gasteiger partial charge in [0.15, 0.2) is 0 Å². The third-order valence-corrected chi connectivity index (χ3v) is 5.30. The second-order valence-electron chi connectivity index (χ2n) is 6.13. The Morgan fingerprint density at radius 2 is 1.77 bits per heavy atom. The maximum Gasteiger partial charge on any atom is 0.228 e. The molecule has 0 fully saturated rings. The van der Waals surface area contributed by atoms with Gasteiger partial charge in [-0.05, 0) is 33.6 Å². The molecule has 22 heavy (non-hydrogen) atoms. The van der Waals surface area contributed by atoms with Gasteiger partial charge in [0.05, 0.1) is 17.1 Å². The Hall–Kier alpha value is -1.63. The lowest BCUT2D eigenvalue weighted by molar-refractivity contribution is 0.392. The van der Waals surface area contributed by atoms with Crippen molar-refractivity contribution in [2.45, 2.75) is 59.0 Å². The van der Waals surface area contributed by atoms with E-state index in [9.17, 15) is 8.42 Å². The van der Waals surface area contributed by atoms with Crippen LogP contribution >= 0.6 is 0 Å². The molecule has 2 rings (SSSR count). The molecule has 0 radical (unpaired) electrons. The van der Waals surface area contributed by atoms with E-state index >= 15 is 0 Å². The predicted molar refractivity (Wildman–Crippen MR) is 83.4 cm³/mol. The average molecular weight is 325 g/mol. The fourth-order valence-electron chi connectivity index (χ4n) is 2.40. The first kappa shape index (κ1) is 16.7. The lowest BCUT2D eigenvalue weighted by atomic mass is 10.2. The van der Waals surface area contributed by atoms with E-state index in [0.29, 0.717) is 29.5 Å². The minimum absolute atomic E-state index is 0.135. The molecule has 7 heteroatoms. The predicted octanol–water partition coefficient (Wildman–Crippen LogP) is 2.73. The topological polar surface area (TPSA) is 78.0 Å². The molecule has 0 amide bonds. The van der Waals surface area contributed by atoms with Crippen molar-refractivity contribution in [1.29, 1.82) is 0 Å². The number of hydrogen-bond acceptors (Lipinski definition) is 5. The maximum absolute atomic E-state index is 12.8. The van der Waals surface area contributed by atoms with E-state index < -0.39 is 9.84 Å². The highest BCUT2D eigenvalue weighted by Crippen LogP contribution is 2.23. The van der Waals surface area contributed by atoms with E-state index in [-0.39, 0.29) is 10.9 Å². The molecule has 0 aliphatic carbocycles. The van der Waals surface area contributed by atoms with Gasteiger partial charge in [0.1, 0.15) is 5.76 Å². The molecule has 2 aromatic heterocycles. The summed E-state index contributed by atoms with van der Waals surface area (Å²) in [6.07, 6.45) is 0. The second kappa shape index (κ2) is 5.87. The van der Waals surface area contributed by atoms with Crippen molar-refractivity contribution < 1.29 is 12.9 Å². The highest BCUT2D eigenvalue weighted by Gasteiger charge is 2.27. The Labute approximate surface area is 131 Å². The van der Waals surface area contributed by atoms with Crippen LogP contribution in [0.4, 0.5) is 0 Å². The molecule has 122 valence electrons. The first-order valence-corrected chi connectivity index (χ1v) is 8.97. The molecule has 0 saturated heterocycles. The molecule has 0 aliphatic rings. The molecule has 0 saturated carbocycles. The monoisotopic (exact) mass is 325 g/mol. The van der Waals surface area contributed by atoms with Crippen LogP contribution in [0.1, 0.15) is 42.3 Å². The first-order valence-electron chi connectivity index (χ1n) is 7.31. The number of hydrogen-bond donors (Lipinski definition) is 0. The van der Waals surface area contributed by atoms with E-state index in [4.69, 9.17) is 4.52 Å². The van der Waals surface area contributed by atoms with E-state index in [1.807, 2.05) is 13.8 Å². The van der Waals surface area contributed by atoms with Crippen LogP contribution < -0.4 is 0 Å². The Kier molecular flexibility index (Phi) is 4.47. The second-order valence-corrected chi connectivity index (χ2v) is 8.01. The molecular weight excluding hydrogens is 302 g/mol. The number of aryl methyl sites for hydroxylation is 3. The Balaban J connectivity index is 2.48. The van der Waals surface area contributed by atoms with Gasteiger partial charge in [-0.1, -0.05) is 19.0 Å². The van der Waals surface area contributed by atoms with E-state index in [0.717, 1.165) is 11.4 Å². The minimum Gasteiger partial charge on any atom is -0.361 e. The lowest BCUT2D eigenvalue weighted by Crippen LogP contribution is -2.16. The van der Waals surface area contributed by atoms with E-state index in [1.54, 1.807) is 18.4 Å². The number of aromatic nitrogens is 3. The molecule has 0 spiro atoms. The summed E-state index contributed by atoms with van der Waals surface area (Å²) >= 11 is 0. The van der Waals surface area contributed by atoms with Crippen LogP contribution in [0.3, 0.4) is 0 Å². The molecule has 0 aliphatic heterocycles. The largest absolute Gasteiger partial charge is 0.361 e. The summed E-state index contributed by atoms with van der Waals surface area (Å²) in [5.41, 5.74) is 2.87. The van der Waals surface area contributed by atoms with E-state index in [2.05, 4.69) is 24.0 Å². The molecule has 0 atom stereocenters. The van der Waals surface area contributed by atoms with Gasteiger partial charge in [-0.3, -0.25) is 0 Å². The third kappa shape index (κ3) is 3.09. The first-order chi connectivity index (χ1) is 10.1. The van der Waals surface area contributed by atoms with Crippen LogP contribution in [-0.2, 0) is 22.1 Å². The van der Waals surface area contributed by atoms with Gasteiger partial charge in [-0.15, -0.1) is 0 Å².